The molecule has 0 aliphatic heterocycles. The zero-order chi connectivity index (χ0) is 12.3. The molecule has 0 saturated heterocycles. The zero-order valence-electron chi connectivity index (χ0n) is 9.81. The summed E-state index contributed by atoms with van der Waals surface area (Å²) >= 11 is 0. The zero-order valence-corrected chi connectivity index (χ0v) is 9.81. The molecule has 2 aromatic rings. The minimum Gasteiger partial charge on any atom is -0.464 e. The van der Waals surface area contributed by atoms with Crippen LogP contribution in [0.2, 0.25) is 0 Å². The van der Waals surface area contributed by atoms with E-state index in [1.165, 1.54) is 7.11 Å². The van der Waals surface area contributed by atoms with Gasteiger partial charge in [0.05, 0.1) is 7.11 Å². The number of hydrogen-bond donors (Lipinski definition) is 1. The molecule has 0 unspecified atom stereocenters. The summed E-state index contributed by atoms with van der Waals surface area (Å²) in [6.45, 7) is 0. The van der Waals surface area contributed by atoms with Gasteiger partial charge in [0, 0.05) is 24.6 Å². The SMILES string of the molecule is CNc1ccc(-n2cccc2C(=O)OC)cc1. The number of ether oxygens (including phenoxy) is 1. The molecule has 0 saturated carbocycles. The first-order valence-electron chi connectivity index (χ1n) is 5.30. The number of nitrogens with one attached hydrogen (secondary N) is 1. The van der Waals surface area contributed by atoms with Crippen LogP contribution in [0.25, 0.3) is 5.69 Å². The maximum atomic E-state index is 11.5. The second kappa shape index (κ2) is 4.74. The van der Waals surface area contributed by atoms with Crippen molar-refractivity contribution in [2.45, 2.75) is 0 Å². The molecular formula is C13H14N2O2. The monoisotopic (exact) mass is 230 g/mol. The van der Waals surface area contributed by atoms with Crippen molar-refractivity contribution in [3.8, 4) is 5.69 Å². The highest BCUT2D eigenvalue weighted by Gasteiger charge is 2.11. The van der Waals surface area contributed by atoms with Crippen LogP contribution in [0.1, 0.15) is 10.5 Å². The fourth-order valence-corrected chi connectivity index (χ4v) is 1.67. The predicted octanol–water partition coefficient (Wildman–Crippen LogP) is 2.31. The fraction of sp³-hybridized carbons (Fsp3) is 0.154. The quantitative estimate of drug-likeness (QED) is 0.823. The number of aromatic nitrogens is 1. The molecular weight excluding hydrogens is 216 g/mol. The lowest BCUT2D eigenvalue weighted by Crippen LogP contribution is -2.08. The lowest BCUT2D eigenvalue weighted by Gasteiger charge is -2.08. The van der Waals surface area contributed by atoms with Crippen LogP contribution in [0.5, 0.6) is 0 Å². The van der Waals surface area contributed by atoms with Gasteiger partial charge in [-0.25, -0.2) is 4.79 Å². The molecule has 0 amide bonds. The van der Waals surface area contributed by atoms with Crippen LogP contribution in [0.3, 0.4) is 0 Å². The molecule has 4 nitrogen and oxygen atoms in total. The summed E-state index contributed by atoms with van der Waals surface area (Å²) in [5.74, 6) is -0.340. The molecule has 0 spiro atoms. The summed E-state index contributed by atoms with van der Waals surface area (Å²) in [4.78, 5) is 11.5. The van der Waals surface area contributed by atoms with Crippen LogP contribution in [-0.2, 0) is 4.74 Å². The fourth-order valence-electron chi connectivity index (χ4n) is 1.67. The van der Waals surface area contributed by atoms with E-state index in [0.29, 0.717) is 5.69 Å². The maximum absolute atomic E-state index is 11.5. The third kappa shape index (κ3) is 2.15. The van der Waals surface area contributed by atoms with E-state index in [2.05, 4.69) is 5.32 Å². The van der Waals surface area contributed by atoms with Crippen LogP contribution in [0.4, 0.5) is 5.69 Å². The standard InChI is InChI=1S/C13H14N2O2/c1-14-10-5-7-11(8-6-10)15-9-3-4-12(15)13(16)17-2/h3-9,14H,1-2H3. The number of benzene rings is 1. The molecule has 0 atom stereocenters. The molecule has 0 aliphatic rings. The van der Waals surface area contributed by atoms with Crippen LogP contribution >= 0.6 is 0 Å². The van der Waals surface area contributed by atoms with E-state index in [1.54, 1.807) is 10.6 Å². The molecule has 0 radical (unpaired) electrons. The second-order valence-corrected chi connectivity index (χ2v) is 3.55. The van der Waals surface area contributed by atoms with Crippen molar-refractivity contribution in [2.24, 2.45) is 0 Å². The molecule has 0 aliphatic carbocycles. The van der Waals surface area contributed by atoms with Crippen LogP contribution in [-0.4, -0.2) is 24.7 Å². The third-order valence-corrected chi connectivity index (χ3v) is 2.58. The largest absolute Gasteiger partial charge is 0.464 e. The maximum Gasteiger partial charge on any atom is 0.355 e. The van der Waals surface area contributed by atoms with E-state index < -0.39 is 0 Å². The summed E-state index contributed by atoms with van der Waals surface area (Å²) in [5.41, 5.74) is 2.47. The van der Waals surface area contributed by atoms with Crippen LogP contribution in [0.15, 0.2) is 42.6 Å². The molecule has 1 N–H and O–H groups in total. The molecule has 4 heteroatoms. The number of anilines is 1. The van der Waals surface area contributed by atoms with Gasteiger partial charge in [0.1, 0.15) is 5.69 Å². The van der Waals surface area contributed by atoms with E-state index in [4.69, 9.17) is 4.74 Å². The summed E-state index contributed by atoms with van der Waals surface area (Å²) in [6.07, 6.45) is 1.83. The minimum absolute atomic E-state index is 0.340. The minimum atomic E-state index is -0.340. The van der Waals surface area contributed by atoms with Gasteiger partial charge in [-0.05, 0) is 36.4 Å². The Morgan fingerprint density at radius 1 is 1.24 bits per heavy atom. The third-order valence-electron chi connectivity index (χ3n) is 2.58. The summed E-state index contributed by atoms with van der Waals surface area (Å²) in [6, 6.07) is 11.3. The first-order valence-corrected chi connectivity index (χ1v) is 5.30. The Hall–Kier alpha value is -2.23. The van der Waals surface area contributed by atoms with Crippen LogP contribution in [0, 0.1) is 0 Å². The van der Waals surface area contributed by atoms with Gasteiger partial charge in [-0.1, -0.05) is 0 Å². The lowest BCUT2D eigenvalue weighted by molar-refractivity contribution is 0.0591. The number of methoxy groups -OCH3 is 1. The van der Waals surface area contributed by atoms with Crippen molar-refractivity contribution in [3.05, 3.63) is 48.3 Å². The van der Waals surface area contributed by atoms with Crippen molar-refractivity contribution >= 4 is 11.7 Å². The summed E-state index contributed by atoms with van der Waals surface area (Å²) in [7, 11) is 3.24. The highest BCUT2D eigenvalue weighted by molar-refractivity contribution is 5.88. The molecule has 88 valence electrons. The number of rotatable bonds is 3. The van der Waals surface area contributed by atoms with E-state index in [0.717, 1.165) is 11.4 Å². The number of esters is 1. The summed E-state index contributed by atoms with van der Waals surface area (Å²) in [5, 5.41) is 3.05. The number of carbonyl (C=O) groups is 1. The van der Waals surface area contributed by atoms with Crippen molar-refractivity contribution < 1.29 is 9.53 Å². The molecule has 17 heavy (non-hydrogen) atoms. The molecule has 1 aromatic heterocycles. The lowest BCUT2D eigenvalue weighted by atomic mass is 10.2. The molecule has 0 bridgehead atoms. The van der Waals surface area contributed by atoms with Gasteiger partial charge in [0.15, 0.2) is 0 Å². The van der Waals surface area contributed by atoms with Gasteiger partial charge < -0.3 is 14.6 Å². The van der Waals surface area contributed by atoms with Gasteiger partial charge in [-0.15, -0.1) is 0 Å². The predicted molar refractivity (Wildman–Crippen MR) is 66.7 cm³/mol. The van der Waals surface area contributed by atoms with Crippen LogP contribution < -0.4 is 5.32 Å². The Labute approximate surface area is 99.8 Å². The summed E-state index contributed by atoms with van der Waals surface area (Å²) < 4.78 is 6.53. The Balaban J connectivity index is 2.39. The number of nitrogens with zero attached hydrogens (tertiary/aromatic N) is 1. The molecule has 1 aromatic carbocycles. The molecule has 2 rings (SSSR count). The van der Waals surface area contributed by atoms with Gasteiger partial charge in [0.25, 0.3) is 0 Å². The Morgan fingerprint density at radius 3 is 2.53 bits per heavy atom. The first kappa shape index (κ1) is 11.3. The Bertz CT molecular complexity index is 514. The highest BCUT2D eigenvalue weighted by atomic mass is 16.5. The first-order chi connectivity index (χ1) is 8.26. The highest BCUT2D eigenvalue weighted by Crippen LogP contribution is 2.16. The average Bonchev–Trinajstić information content (AvgIpc) is 2.87. The normalized spacial score (nSPS) is 10.0. The van der Waals surface area contributed by atoms with Crippen molar-refractivity contribution in [1.82, 2.24) is 4.57 Å². The van der Waals surface area contributed by atoms with Crippen molar-refractivity contribution in [1.29, 1.82) is 0 Å². The molecule has 0 fully saturated rings. The van der Waals surface area contributed by atoms with Crippen molar-refractivity contribution in [3.63, 3.8) is 0 Å². The topological polar surface area (TPSA) is 43.3 Å². The van der Waals surface area contributed by atoms with E-state index in [1.807, 2.05) is 43.6 Å². The molecule has 1 heterocycles. The van der Waals surface area contributed by atoms with Gasteiger partial charge in [-0.3, -0.25) is 0 Å². The second-order valence-electron chi connectivity index (χ2n) is 3.55. The van der Waals surface area contributed by atoms with Gasteiger partial charge in [0.2, 0.25) is 0 Å². The number of carbonyl (C=O) groups excluding carboxylic acids is 1. The van der Waals surface area contributed by atoms with Gasteiger partial charge >= 0.3 is 5.97 Å². The Morgan fingerprint density at radius 2 is 1.94 bits per heavy atom. The van der Waals surface area contributed by atoms with E-state index >= 15 is 0 Å². The number of hydrogen-bond acceptors (Lipinski definition) is 3. The van der Waals surface area contributed by atoms with Gasteiger partial charge in [-0.2, -0.15) is 0 Å². The van der Waals surface area contributed by atoms with E-state index in [-0.39, 0.29) is 5.97 Å². The average molecular weight is 230 g/mol. The van der Waals surface area contributed by atoms with Crippen molar-refractivity contribution in [2.75, 3.05) is 19.5 Å². The van der Waals surface area contributed by atoms with E-state index in [9.17, 15) is 4.79 Å². The Kier molecular flexibility index (Phi) is 3.14. The smallest absolute Gasteiger partial charge is 0.355 e.